The van der Waals surface area contributed by atoms with Crippen molar-refractivity contribution in [1.82, 2.24) is 20.0 Å². The fraction of sp³-hybridized carbons (Fsp3) is 0.385. The van der Waals surface area contributed by atoms with Crippen LogP contribution in [0.3, 0.4) is 0 Å². The molecule has 3 rings (SSSR count). The first-order valence-electron chi connectivity index (χ1n) is 6.58. The molecule has 0 aliphatic carbocycles. The van der Waals surface area contributed by atoms with Gasteiger partial charge >= 0.3 is 5.97 Å². The Balaban J connectivity index is 1.67. The summed E-state index contributed by atoms with van der Waals surface area (Å²) in [6, 6.07) is 4.11. The second kappa shape index (κ2) is 5.28. The van der Waals surface area contributed by atoms with E-state index in [1.807, 2.05) is 6.07 Å². The van der Waals surface area contributed by atoms with Crippen molar-refractivity contribution in [3.05, 3.63) is 35.3 Å². The summed E-state index contributed by atoms with van der Waals surface area (Å²) in [6.45, 7) is 1.48. The van der Waals surface area contributed by atoms with Gasteiger partial charge in [0.1, 0.15) is 5.82 Å². The van der Waals surface area contributed by atoms with Crippen LogP contribution in [0.1, 0.15) is 28.2 Å². The van der Waals surface area contributed by atoms with Gasteiger partial charge < -0.3 is 10.4 Å². The molecule has 0 amide bonds. The van der Waals surface area contributed by atoms with Crippen molar-refractivity contribution in [2.45, 2.75) is 25.8 Å². The second-order valence-electron chi connectivity index (χ2n) is 4.72. The van der Waals surface area contributed by atoms with E-state index in [1.54, 1.807) is 0 Å². The number of carboxylic acids is 1. The van der Waals surface area contributed by atoms with Crippen molar-refractivity contribution in [1.29, 1.82) is 0 Å². The second-order valence-corrected chi connectivity index (χ2v) is 4.72. The molecular weight excluding hydrogens is 258 g/mol. The van der Waals surface area contributed by atoms with Gasteiger partial charge in [0.2, 0.25) is 0 Å². The summed E-state index contributed by atoms with van der Waals surface area (Å²) in [7, 11) is 0. The number of hydrogen-bond donors (Lipinski definition) is 2. The monoisotopic (exact) mass is 273 g/mol. The van der Waals surface area contributed by atoms with Crippen LogP contribution in [-0.4, -0.2) is 37.6 Å². The zero-order valence-electron chi connectivity index (χ0n) is 10.9. The molecule has 7 heteroatoms. The highest BCUT2D eigenvalue weighted by Crippen LogP contribution is 2.19. The Labute approximate surface area is 115 Å². The molecule has 0 radical (unpaired) electrons. The summed E-state index contributed by atoms with van der Waals surface area (Å²) in [4.78, 5) is 16.7. The minimum Gasteiger partial charge on any atom is -0.476 e. The van der Waals surface area contributed by atoms with E-state index in [4.69, 9.17) is 5.11 Å². The molecule has 104 valence electrons. The minimum atomic E-state index is -1.06. The Kier molecular flexibility index (Phi) is 3.32. The number of hydrogen-bond acceptors (Lipinski definition) is 5. The van der Waals surface area contributed by atoms with Gasteiger partial charge in [-0.05, 0) is 24.5 Å². The number of pyridine rings is 1. The highest BCUT2D eigenvalue weighted by atomic mass is 16.4. The molecule has 0 atom stereocenters. The summed E-state index contributed by atoms with van der Waals surface area (Å²) >= 11 is 0. The van der Waals surface area contributed by atoms with Crippen molar-refractivity contribution in [2.24, 2.45) is 0 Å². The van der Waals surface area contributed by atoms with Crippen LogP contribution in [0.15, 0.2) is 18.3 Å². The highest BCUT2D eigenvalue weighted by molar-refractivity contribution is 5.84. The van der Waals surface area contributed by atoms with Gasteiger partial charge in [0, 0.05) is 18.7 Å². The molecule has 2 aromatic rings. The van der Waals surface area contributed by atoms with Crippen molar-refractivity contribution in [3.63, 3.8) is 0 Å². The van der Waals surface area contributed by atoms with Gasteiger partial charge in [-0.15, -0.1) is 5.10 Å². The zero-order valence-corrected chi connectivity index (χ0v) is 10.9. The van der Waals surface area contributed by atoms with Gasteiger partial charge in [0.05, 0.1) is 12.7 Å². The number of fused-ring (bicyclic) bond motifs is 1. The van der Waals surface area contributed by atoms with Crippen LogP contribution < -0.4 is 5.32 Å². The van der Waals surface area contributed by atoms with E-state index in [0.717, 1.165) is 30.9 Å². The first-order valence-corrected chi connectivity index (χ1v) is 6.58. The van der Waals surface area contributed by atoms with E-state index in [0.29, 0.717) is 13.0 Å². The maximum absolute atomic E-state index is 10.7. The van der Waals surface area contributed by atoms with Crippen LogP contribution in [0.2, 0.25) is 0 Å². The standard InChI is InChI=1S/C13H15N5O2/c19-13(20)11-8-15-18(17-11)7-5-10-4-3-9-2-1-6-14-12(9)16-10/h3-4,8H,1-2,5-7H2,(H,14,16)(H,19,20). The van der Waals surface area contributed by atoms with Crippen LogP contribution in [0, 0.1) is 0 Å². The number of carbonyl (C=O) groups is 1. The lowest BCUT2D eigenvalue weighted by atomic mass is 10.1. The Morgan fingerprint density at radius 3 is 3.15 bits per heavy atom. The van der Waals surface area contributed by atoms with Crippen LogP contribution in [0.25, 0.3) is 0 Å². The van der Waals surface area contributed by atoms with Gasteiger partial charge in [-0.3, -0.25) is 0 Å². The van der Waals surface area contributed by atoms with E-state index in [2.05, 4.69) is 26.6 Å². The normalized spacial score (nSPS) is 13.6. The molecule has 2 aromatic heterocycles. The smallest absolute Gasteiger partial charge is 0.358 e. The molecule has 7 nitrogen and oxygen atoms in total. The lowest BCUT2D eigenvalue weighted by Crippen LogP contribution is -2.14. The number of anilines is 1. The van der Waals surface area contributed by atoms with E-state index >= 15 is 0 Å². The van der Waals surface area contributed by atoms with Crippen LogP contribution in [-0.2, 0) is 19.4 Å². The predicted octanol–water partition coefficient (Wildman–Crippen LogP) is 0.972. The third-order valence-electron chi connectivity index (χ3n) is 3.28. The van der Waals surface area contributed by atoms with Gasteiger partial charge in [-0.1, -0.05) is 6.07 Å². The SMILES string of the molecule is O=C(O)c1cnn(CCc2ccc3c(n2)NCCC3)n1. The number of aromatic carboxylic acids is 1. The lowest BCUT2D eigenvalue weighted by molar-refractivity contribution is 0.0689. The molecule has 1 aliphatic heterocycles. The molecule has 20 heavy (non-hydrogen) atoms. The summed E-state index contributed by atoms with van der Waals surface area (Å²) < 4.78 is 0. The van der Waals surface area contributed by atoms with E-state index < -0.39 is 5.97 Å². The molecule has 0 bridgehead atoms. The van der Waals surface area contributed by atoms with E-state index in [1.165, 1.54) is 16.6 Å². The molecule has 0 aromatic carbocycles. The summed E-state index contributed by atoms with van der Waals surface area (Å²) in [5.74, 6) is -0.0965. The Bertz CT molecular complexity index is 637. The molecule has 0 fully saturated rings. The van der Waals surface area contributed by atoms with Gasteiger partial charge in [-0.25, -0.2) is 9.78 Å². The van der Waals surface area contributed by atoms with Crippen LogP contribution in [0.5, 0.6) is 0 Å². The maximum Gasteiger partial charge on any atom is 0.358 e. The fourth-order valence-corrected chi connectivity index (χ4v) is 2.23. The van der Waals surface area contributed by atoms with Gasteiger partial charge in [0.25, 0.3) is 0 Å². The summed E-state index contributed by atoms with van der Waals surface area (Å²) in [5.41, 5.74) is 2.17. The number of carboxylic acid groups (broad SMARTS) is 1. The molecule has 2 N–H and O–H groups in total. The Morgan fingerprint density at radius 2 is 2.35 bits per heavy atom. The number of nitrogens with zero attached hydrogens (tertiary/aromatic N) is 4. The zero-order chi connectivity index (χ0) is 13.9. The summed E-state index contributed by atoms with van der Waals surface area (Å²) in [6.07, 6.45) is 4.13. The van der Waals surface area contributed by atoms with Crippen molar-refractivity contribution in [2.75, 3.05) is 11.9 Å². The van der Waals surface area contributed by atoms with E-state index in [9.17, 15) is 4.79 Å². The maximum atomic E-state index is 10.7. The average molecular weight is 273 g/mol. The Hall–Kier alpha value is -2.44. The quantitative estimate of drug-likeness (QED) is 0.862. The van der Waals surface area contributed by atoms with Crippen molar-refractivity contribution < 1.29 is 9.90 Å². The largest absolute Gasteiger partial charge is 0.476 e. The molecule has 1 aliphatic rings. The van der Waals surface area contributed by atoms with Crippen molar-refractivity contribution in [3.8, 4) is 0 Å². The average Bonchev–Trinajstić information content (AvgIpc) is 2.94. The third-order valence-corrected chi connectivity index (χ3v) is 3.28. The fourth-order valence-electron chi connectivity index (χ4n) is 2.23. The first kappa shape index (κ1) is 12.6. The van der Waals surface area contributed by atoms with Crippen LogP contribution in [0.4, 0.5) is 5.82 Å². The molecular formula is C13H15N5O2. The number of aryl methyl sites for hydroxylation is 3. The lowest BCUT2D eigenvalue weighted by Gasteiger charge is -2.17. The number of rotatable bonds is 4. The predicted molar refractivity (Wildman–Crippen MR) is 71.7 cm³/mol. The van der Waals surface area contributed by atoms with Gasteiger partial charge in [-0.2, -0.15) is 9.90 Å². The van der Waals surface area contributed by atoms with Gasteiger partial charge in [0.15, 0.2) is 5.69 Å². The van der Waals surface area contributed by atoms with Crippen molar-refractivity contribution >= 4 is 11.8 Å². The first-order chi connectivity index (χ1) is 9.72. The Morgan fingerprint density at radius 1 is 1.45 bits per heavy atom. The molecule has 0 spiro atoms. The molecule has 0 unspecified atom stereocenters. The molecule has 0 saturated carbocycles. The molecule has 0 saturated heterocycles. The summed E-state index contributed by atoms with van der Waals surface area (Å²) in [5, 5.41) is 19.9. The van der Waals surface area contributed by atoms with E-state index in [-0.39, 0.29) is 5.69 Å². The van der Waals surface area contributed by atoms with Crippen LogP contribution >= 0.6 is 0 Å². The molecule has 3 heterocycles. The number of aromatic nitrogens is 4. The minimum absolute atomic E-state index is 0.0370. The number of nitrogens with one attached hydrogen (secondary N) is 1. The third kappa shape index (κ3) is 2.61. The topological polar surface area (TPSA) is 92.9 Å². The highest BCUT2D eigenvalue weighted by Gasteiger charge is 2.11.